The Morgan fingerprint density at radius 3 is 1.68 bits per heavy atom. The summed E-state index contributed by atoms with van der Waals surface area (Å²) < 4.78 is 2.31. The van der Waals surface area contributed by atoms with Crippen molar-refractivity contribution in [1.29, 1.82) is 0 Å². The molecule has 12 rings (SSSR count). The highest BCUT2D eigenvalue weighted by Gasteiger charge is 2.30. The molecule has 6 heteroatoms. The third-order valence-corrected chi connectivity index (χ3v) is 11.7. The second-order valence-corrected chi connectivity index (χ2v) is 15.1. The minimum atomic E-state index is 0.836. The summed E-state index contributed by atoms with van der Waals surface area (Å²) >= 11 is 0. The van der Waals surface area contributed by atoms with E-state index in [0.29, 0.717) is 0 Å². The van der Waals surface area contributed by atoms with Gasteiger partial charge in [-0.25, -0.2) is 9.97 Å². The number of anilines is 3. The van der Waals surface area contributed by atoms with E-state index < -0.39 is 0 Å². The fraction of sp³-hybridized carbons (Fsp3) is 0. The van der Waals surface area contributed by atoms with Crippen molar-refractivity contribution in [3.63, 3.8) is 0 Å². The van der Waals surface area contributed by atoms with Crippen LogP contribution >= 0.6 is 0 Å². The maximum atomic E-state index is 5.11. The van der Waals surface area contributed by atoms with Gasteiger partial charge in [-0.3, -0.25) is 19.4 Å². The van der Waals surface area contributed by atoms with Crippen molar-refractivity contribution in [2.75, 3.05) is 4.90 Å². The van der Waals surface area contributed by atoms with Crippen molar-refractivity contribution in [3.8, 4) is 61.7 Å². The summed E-state index contributed by atoms with van der Waals surface area (Å²) in [7, 11) is 0. The van der Waals surface area contributed by atoms with Crippen LogP contribution < -0.4 is 4.90 Å². The van der Waals surface area contributed by atoms with E-state index in [1.54, 1.807) is 0 Å². The zero-order chi connectivity index (χ0) is 39.6. The lowest BCUT2D eigenvalue weighted by Crippen LogP contribution is -2.16. The molecule has 0 saturated carbocycles. The Kier molecular flexibility index (Phi) is 7.74. The maximum Gasteiger partial charge on any atom is 0.138 e. The summed E-state index contributed by atoms with van der Waals surface area (Å²) in [5, 5.41) is 4.55. The number of hydrogen-bond acceptors (Lipinski definition) is 5. The molecule has 1 aliphatic heterocycles. The van der Waals surface area contributed by atoms with E-state index in [2.05, 4.69) is 173 Å². The van der Waals surface area contributed by atoms with Crippen molar-refractivity contribution in [1.82, 2.24) is 24.5 Å². The molecule has 60 heavy (non-hydrogen) atoms. The quantitative estimate of drug-likeness (QED) is 0.169. The van der Waals surface area contributed by atoms with Crippen LogP contribution in [0.15, 0.2) is 207 Å². The molecule has 6 aromatic carbocycles. The van der Waals surface area contributed by atoms with Gasteiger partial charge in [0, 0.05) is 57.6 Å². The molecule has 0 unspecified atom stereocenters. The number of hydrogen-bond donors (Lipinski definition) is 0. The Morgan fingerprint density at radius 1 is 0.317 bits per heavy atom. The third kappa shape index (κ3) is 5.42. The fourth-order valence-electron chi connectivity index (χ4n) is 9.02. The standard InChI is InChI=1S/C54H34N6/c1-3-12-35(13-4-1)37-24-28-57-52(31-37)59-48-23-20-39(46-17-7-9-26-55-46)30-43(48)45-33-44-42-22-21-40(47-18-8-10-27-56-47)41-16-11-19-49(54(41)42)60(50(44)34-51(45)59)53-32-38(25-29-58-53)36-14-5-2-6-15-36/h1-34H. The second kappa shape index (κ2) is 13.7. The molecule has 0 bridgehead atoms. The SMILES string of the molecule is c1ccc(-c2ccnc(N3c4cc5c(cc4-c4ccc(-c6ccccn6)c6cccc3c46)c3cc(-c4ccccn4)ccc3n5-c3cc(-c4ccccc4)ccn3)c2)cc1. The minimum absolute atomic E-state index is 0.836. The molecule has 0 radical (unpaired) electrons. The van der Waals surface area contributed by atoms with Gasteiger partial charge in [0.25, 0.3) is 0 Å². The predicted octanol–water partition coefficient (Wildman–Crippen LogP) is 13.6. The molecule has 0 atom stereocenters. The lowest BCUT2D eigenvalue weighted by atomic mass is 9.87. The van der Waals surface area contributed by atoms with E-state index >= 15 is 0 Å². The average Bonchev–Trinajstić information content (AvgIpc) is 3.65. The summed E-state index contributed by atoms with van der Waals surface area (Å²) in [6.07, 6.45) is 7.55. The zero-order valence-corrected chi connectivity index (χ0v) is 32.3. The number of benzene rings is 6. The van der Waals surface area contributed by atoms with Crippen LogP contribution in [0.25, 0.3) is 94.3 Å². The van der Waals surface area contributed by atoms with E-state index in [1.165, 1.54) is 5.56 Å². The van der Waals surface area contributed by atoms with Crippen molar-refractivity contribution in [2.24, 2.45) is 0 Å². The van der Waals surface area contributed by atoms with Crippen molar-refractivity contribution in [2.45, 2.75) is 0 Å². The van der Waals surface area contributed by atoms with Gasteiger partial charge in [0.2, 0.25) is 0 Å². The van der Waals surface area contributed by atoms with Crippen LogP contribution in [-0.2, 0) is 0 Å². The van der Waals surface area contributed by atoms with Crippen molar-refractivity contribution >= 4 is 49.8 Å². The Hall–Kier alpha value is -8.22. The number of nitrogens with zero attached hydrogens (tertiary/aromatic N) is 6. The molecule has 6 nitrogen and oxygen atoms in total. The van der Waals surface area contributed by atoms with E-state index in [9.17, 15) is 0 Å². The largest absolute Gasteiger partial charge is 0.294 e. The summed E-state index contributed by atoms with van der Waals surface area (Å²) in [4.78, 5) is 22.0. The van der Waals surface area contributed by atoms with Crippen LogP contribution in [0.1, 0.15) is 0 Å². The van der Waals surface area contributed by atoms with Crippen LogP contribution in [0.5, 0.6) is 0 Å². The van der Waals surface area contributed by atoms with Gasteiger partial charge in [0.1, 0.15) is 11.6 Å². The highest BCUT2D eigenvalue weighted by atomic mass is 15.2. The van der Waals surface area contributed by atoms with E-state index in [-0.39, 0.29) is 0 Å². The van der Waals surface area contributed by atoms with Crippen LogP contribution in [-0.4, -0.2) is 24.5 Å². The average molecular weight is 767 g/mol. The second-order valence-electron chi connectivity index (χ2n) is 15.1. The molecular formula is C54H34N6. The molecule has 0 spiro atoms. The Morgan fingerprint density at radius 2 is 0.967 bits per heavy atom. The van der Waals surface area contributed by atoms with Crippen molar-refractivity contribution < 1.29 is 0 Å². The molecule has 280 valence electrons. The molecule has 0 amide bonds. The highest BCUT2D eigenvalue weighted by Crippen LogP contribution is 2.54. The molecule has 0 aliphatic carbocycles. The first-order valence-corrected chi connectivity index (χ1v) is 20.1. The molecule has 11 aromatic rings. The van der Waals surface area contributed by atoms with E-state index in [0.717, 1.165) is 106 Å². The van der Waals surface area contributed by atoms with Crippen molar-refractivity contribution in [3.05, 3.63) is 207 Å². The molecule has 0 saturated heterocycles. The van der Waals surface area contributed by atoms with E-state index in [4.69, 9.17) is 19.9 Å². The van der Waals surface area contributed by atoms with Crippen LogP contribution in [0.3, 0.4) is 0 Å². The van der Waals surface area contributed by atoms with Gasteiger partial charge in [-0.15, -0.1) is 0 Å². The number of aromatic nitrogens is 5. The lowest BCUT2D eigenvalue weighted by molar-refractivity contribution is 1.08. The van der Waals surface area contributed by atoms with Gasteiger partial charge >= 0.3 is 0 Å². The summed E-state index contributed by atoms with van der Waals surface area (Å²) in [6.45, 7) is 0. The van der Waals surface area contributed by atoms with Crippen LogP contribution in [0, 0.1) is 0 Å². The van der Waals surface area contributed by atoms with Gasteiger partial charge in [0.05, 0.1) is 33.8 Å². The summed E-state index contributed by atoms with van der Waals surface area (Å²) in [5.74, 6) is 1.68. The van der Waals surface area contributed by atoms with Gasteiger partial charge in [0.15, 0.2) is 0 Å². The van der Waals surface area contributed by atoms with Crippen LogP contribution in [0.2, 0.25) is 0 Å². The fourth-order valence-corrected chi connectivity index (χ4v) is 9.02. The zero-order valence-electron chi connectivity index (χ0n) is 32.3. The van der Waals surface area contributed by atoms with Gasteiger partial charge in [-0.2, -0.15) is 0 Å². The molecule has 6 heterocycles. The Bertz CT molecular complexity index is 3420. The Balaban J connectivity index is 1.18. The molecule has 0 fully saturated rings. The normalized spacial score (nSPS) is 12.0. The molecular weight excluding hydrogens is 733 g/mol. The van der Waals surface area contributed by atoms with Gasteiger partial charge in [-0.05, 0) is 112 Å². The number of rotatable bonds is 6. The summed E-state index contributed by atoms with van der Waals surface area (Å²) in [5.41, 5.74) is 15.0. The molecule has 5 aromatic heterocycles. The van der Waals surface area contributed by atoms with Crippen LogP contribution in [0.4, 0.5) is 17.2 Å². The van der Waals surface area contributed by atoms with Gasteiger partial charge in [-0.1, -0.05) is 103 Å². The maximum absolute atomic E-state index is 5.11. The molecule has 0 N–H and O–H groups in total. The first-order valence-electron chi connectivity index (χ1n) is 20.1. The topological polar surface area (TPSA) is 59.7 Å². The smallest absolute Gasteiger partial charge is 0.138 e. The minimum Gasteiger partial charge on any atom is -0.294 e. The lowest BCUT2D eigenvalue weighted by Gasteiger charge is -2.33. The Labute approximate surface area is 346 Å². The number of fused-ring (bicyclic) bond motifs is 5. The third-order valence-electron chi connectivity index (χ3n) is 11.7. The molecule has 1 aliphatic rings. The number of pyridine rings is 4. The highest BCUT2D eigenvalue weighted by molar-refractivity contribution is 6.21. The first kappa shape index (κ1) is 33.9. The van der Waals surface area contributed by atoms with Gasteiger partial charge < -0.3 is 0 Å². The predicted molar refractivity (Wildman–Crippen MR) is 245 cm³/mol. The summed E-state index contributed by atoms with van der Waals surface area (Å²) in [6, 6.07) is 64.2. The monoisotopic (exact) mass is 766 g/mol. The first-order chi connectivity index (χ1) is 29.8. The van der Waals surface area contributed by atoms with E-state index in [1.807, 2.05) is 43.0 Å².